The normalized spacial score (nSPS) is 21.5. The average molecular weight is 359 g/mol. The molecule has 5 N–H and O–H groups in total. The van der Waals surface area contributed by atoms with Crippen LogP contribution in [0.3, 0.4) is 0 Å². The van der Waals surface area contributed by atoms with Crippen molar-refractivity contribution in [1.29, 1.82) is 0 Å². The Morgan fingerprint density at radius 1 is 1.19 bits per heavy atom. The second-order valence-electron chi connectivity index (χ2n) is 7.01. The van der Waals surface area contributed by atoms with Crippen LogP contribution in [0.15, 0.2) is 18.2 Å². The van der Waals surface area contributed by atoms with Gasteiger partial charge in [-0.25, -0.2) is 4.98 Å². The molecular formula is C19H29N5O2. The molecule has 26 heavy (non-hydrogen) atoms. The highest BCUT2D eigenvalue weighted by molar-refractivity contribution is 5.93. The summed E-state index contributed by atoms with van der Waals surface area (Å²) in [5.74, 6) is 2.93. The Labute approximate surface area is 154 Å². The van der Waals surface area contributed by atoms with Crippen molar-refractivity contribution in [2.24, 2.45) is 17.6 Å². The molecule has 142 valence electrons. The number of benzene rings is 1. The summed E-state index contributed by atoms with van der Waals surface area (Å²) in [5.41, 5.74) is 12.6. The van der Waals surface area contributed by atoms with Crippen molar-refractivity contribution in [2.75, 3.05) is 31.2 Å². The minimum Gasteiger partial charge on any atom is -0.463 e. The Kier molecular flexibility index (Phi) is 6.11. The molecule has 0 spiro atoms. The molecular weight excluding hydrogens is 330 g/mol. The van der Waals surface area contributed by atoms with Gasteiger partial charge in [-0.2, -0.15) is 4.98 Å². The summed E-state index contributed by atoms with van der Waals surface area (Å²) >= 11 is 0. The maximum atomic E-state index is 6.14. The van der Waals surface area contributed by atoms with Gasteiger partial charge in [0.05, 0.1) is 0 Å². The first-order chi connectivity index (χ1) is 12.6. The summed E-state index contributed by atoms with van der Waals surface area (Å²) in [5, 5.41) is 4.13. The van der Waals surface area contributed by atoms with Crippen LogP contribution in [-0.4, -0.2) is 36.5 Å². The molecule has 0 amide bonds. The lowest BCUT2D eigenvalue weighted by Crippen LogP contribution is -2.25. The van der Waals surface area contributed by atoms with E-state index < -0.39 is 0 Å². The molecule has 0 radical (unpaired) electrons. The number of para-hydroxylation sites is 1. The Bertz CT molecular complexity index is 731. The van der Waals surface area contributed by atoms with Gasteiger partial charge in [0, 0.05) is 19.0 Å². The highest BCUT2D eigenvalue weighted by Crippen LogP contribution is 2.30. The summed E-state index contributed by atoms with van der Waals surface area (Å²) in [4.78, 5) is 9.04. The first-order valence-corrected chi connectivity index (χ1v) is 9.30. The first-order valence-electron chi connectivity index (χ1n) is 9.30. The number of methoxy groups -OCH3 is 1. The van der Waals surface area contributed by atoms with Crippen molar-refractivity contribution in [3.05, 3.63) is 18.2 Å². The van der Waals surface area contributed by atoms with Crippen LogP contribution in [0.1, 0.15) is 32.6 Å². The molecule has 1 heterocycles. The van der Waals surface area contributed by atoms with E-state index in [9.17, 15) is 0 Å². The zero-order valence-corrected chi connectivity index (χ0v) is 15.6. The van der Waals surface area contributed by atoms with E-state index in [1.54, 1.807) is 7.11 Å². The van der Waals surface area contributed by atoms with Crippen molar-refractivity contribution >= 4 is 22.7 Å². The molecule has 7 nitrogen and oxygen atoms in total. The number of rotatable bonds is 7. The zero-order chi connectivity index (χ0) is 18.5. The number of nitrogens with zero attached hydrogens (tertiary/aromatic N) is 2. The van der Waals surface area contributed by atoms with Gasteiger partial charge in [-0.15, -0.1) is 0 Å². The van der Waals surface area contributed by atoms with E-state index in [0.717, 1.165) is 18.5 Å². The second-order valence-corrected chi connectivity index (χ2v) is 7.01. The van der Waals surface area contributed by atoms with E-state index in [0.29, 0.717) is 34.9 Å². The van der Waals surface area contributed by atoms with Crippen LogP contribution in [0, 0.1) is 11.8 Å². The van der Waals surface area contributed by atoms with E-state index in [2.05, 4.69) is 15.3 Å². The molecule has 1 unspecified atom stereocenters. The van der Waals surface area contributed by atoms with Crippen molar-refractivity contribution in [3.8, 4) is 5.75 Å². The molecule has 1 aliphatic carbocycles. The fraction of sp³-hybridized carbons (Fsp3) is 0.579. The van der Waals surface area contributed by atoms with Gasteiger partial charge in [0.1, 0.15) is 17.1 Å². The Morgan fingerprint density at radius 3 is 2.62 bits per heavy atom. The van der Waals surface area contributed by atoms with Crippen LogP contribution >= 0.6 is 0 Å². The molecule has 1 aliphatic rings. The van der Waals surface area contributed by atoms with Gasteiger partial charge in [-0.1, -0.05) is 6.07 Å². The van der Waals surface area contributed by atoms with Crippen molar-refractivity contribution in [3.63, 3.8) is 0 Å². The molecule has 2 aromatic rings. The smallest absolute Gasteiger partial charge is 0.225 e. The van der Waals surface area contributed by atoms with Crippen molar-refractivity contribution in [1.82, 2.24) is 9.97 Å². The van der Waals surface area contributed by atoms with Crippen LogP contribution in [0.4, 0.5) is 11.8 Å². The number of anilines is 2. The Hall–Kier alpha value is -2.12. The number of nitrogens with one attached hydrogen (secondary N) is 1. The lowest BCUT2D eigenvalue weighted by molar-refractivity contribution is -0.0374. The minimum atomic E-state index is -0.370. The quantitative estimate of drug-likeness (QED) is 0.652. The molecule has 3 rings (SSSR count). The standard InChI is InChI=1S/C19H29N5O2/c1-12(25-2)26-16-5-3-4-15-17(16)23-19(24-18(15)21)22-11-14-8-6-13(10-20)7-9-14/h3-5,12-14H,6-11,20H2,1-2H3,(H3,21,22,23,24). The third-order valence-corrected chi connectivity index (χ3v) is 5.19. The number of nitrogens with two attached hydrogens (primary N) is 2. The maximum Gasteiger partial charge on any atom is 0.225 e. The van der Waals surface area contributed by atoms with E-state index in [1.165, 1.54) is 25.7 Å². The Morgan fingerprint density at radius 2 is 1.92 bits per heavy atom. The maximum absolute atomic E-state index is 6.14. The first kappa shape index (κ1) is 18.7. The van der Waals surface area contributed by atoms with Gasteiger partial charge in [0.15, 0.2) is 6.29 Å². The SMILES string of the molecule is COC(C)Oc1cccc2c(N)nc(NCC3CCC(CN)CC3)nc12. The zero-order valence-electron chi connectivity index (χ0n) is 15.6. The third kappa shape index (κ3) is 4.34. The van der Waals surface area contributed by atoms with E-state index in [1.807, 2.05) is 25.1 Å². The number of ether oxygens (including phenoxy) is 2. The van der Waals surface area contributed by atoms with Crippen LogP contribution in [0.2, 0.25) is 0 Å². The van der Waals surface area contributed by atoms with Crippen molar-refractivity contribution in [2.45, 2.75) is 38.9 Å². The predicted octanol–water partition coefficient (Wildman–Crippen LogP) is 2.76. The average Bonchev–Trinajstić information content (AvgIpc) is 2.67. The Balaban J connectivity index is 1.73. The van der Waals surface area contributed by atoms with Gasteiger partial charge in [-0.3, -0.25) is 0 Å². The largest absolute Gasteiger partial charge is 0.463 e. The van der Waals surface area contributed by atoms with Crippen LogP contribution in [0.5, 0.6) is 5.75 Å². The molecule has 7 heteroatoms. The van der Waals surface area contributed by atoms with Crippen LogP contribution < -0.4 is 21.5 Å². The number of hydrogen-bond acceptors (Lipinski definition) is 7. The van der Waals surface area contributed by atoms with Gasteiger partial charge >= 0.3 is 0 Å². The summed E-state index contributed by atoms with van der Waals surface area (Å²) in [6.45, 7) is 3.48. The van der Waals surface area contributed by atoms with Gasteiger partial charge in [0.25, 0.3) is 0 Å². The lowest BCUT2D eigenvalue weighted by Gasteiger charge is -2.27. The molecule has 1 aromatic heterocycles. The fourth-order valence-electron chi connectivity index (χ4n) is 3.46. The van der Waals surface area contributed by atoms with Gasteiger partial charge in [-0.05, 0) is 63.1 Å². The molecule has 0 bridgehead atoms. The van der Waals surface area contributed by atoms with Crippen LogP contribution in [0.25, 0.3) is 10.9 Å². The van der Waals surface area contributed by atoms with Gasteiger partial charge < -0.3 is 26.3 Å². The summed E-state index contributed by atoms with van der Waals surface area (Å²) in [7, 11) is 1.60. The van der Waals surface area contributed by atoms with E-state index in [4.69, 9.17) is 20.9 Å². The number of nitrogen functional groups attached to an aromatic ring is 1. The second kappa shape index (κ2) is 8.51. The van der Waals surface area contributed by atoms with Crippen LogP contribution in [-0.2, 0) is 4.74 Å². The topological polar surface area (TPSA) is 108 Å². The number of hydrogen-bond donors (Lipinski definition) is 3. The lowest BCUT2D eigenvalue weighted by atomic mass is 9.82. The van der Waals surface area contributed by atoms with E-state index >= 15 is 0 Å². The molecule has 0 saturated heterocycles. The summed E-state index contributed by atoms with van der Waals surface area (Å²) in [6.07, 6.45) is 4.42. The summed E-state index contributed by atoms with van der Waals surface area (Å²) < 4.78 is 11.0. The van der Waals surface area contributed by atoms with Crippen molar-refractivity contribution < 1.29 is 9.47 Å². The van der Waals surface area contributed by atoms with Gasteiger partial charge in [0.2, 0.25) is 5.95 Å². The molecule has 1 aromatic carbocycles. The summed E-state index contributed by atoms with van der Waals surface area (Å²) in [6, 6.07) is 5.64. The molecule has 1 saturated carbocycles. The predicted molar refractivity (Wildman–Crippen MR) is 104 cm³/mol. The fourth-order valence-corrected chi connectivity index (χ4v) is 3.46. The molecule has 1 fully saturated rings. The highest BCUT2D eigenvalue weighted by Gasteiger charge is 2.20. The number of fused-ring (bicyclic) bond motifs is 1. The highest BCUT2D eigenvalue weighted by atomic mass is 16.7. The molecule has 1 atom stereocenters. The monoisotopic (exact) mass is 359 g/mol. The van der Waals surface area contributed by atoms with E-state index in [-0.39, 0.29) is 6.29 Å². The third-order valence-electron chi connectivity index (χ3n) is 5.19. The molecule has 0 aliphatic heterocycles. The minimum absolute atomic E-state index is 0.370. The number of aromatic nitrogens is 2.